The van der Waals surface area contributed by atoms with Crippen LogP contribution in [0.4, 0.5) is 0 Å². The minimum atomic E-state index is -0.131. The van der Waals surface area contributed by atoms with Crippen molar-refractivity contribution in [1.29, 1.82) is 0 Å². The third kappa shape index (κ3) is 3.59. The van der Waals surface area contributed by atoms with E-state index in [4.69, 9.17) is 4.74 Å². The summed E-state index contributed by atoms with van der Waals surface area (Å²) in [7, 11) is 1.71. The Balaban J connectivity index is 1.34. The number of hydrogen-bond donors (Lipinski definition) is 1. The number of nitrogens with zero attached hydrogens (tertiary/aromatic N) is 4. The van der Waals surface area contributed by atoms with Gasteiger partial charge in [0, 0.05) is 58.1 Å². The van der Waals surface area contributed by atoms with Crippen LogP contribution in [-0.2, 0) is 22.6 Å². The third-order valence-corrected chi connectivity index (χ3v) is 5.66. The van der Waals surface area contributed by atoms with Gasteiger partial charge in [-0.05, 0) is 25.7 Å². The number of aromatic nitrogens is 2. The van der Waals surface area contributed by atoms with Gasteiger partial charge in [0.15, 0.2) is 0 Å². The molecule has 7 nitrogen and oxygen atoms in total. The SMILES string of the molecule is CCn1cc(CN2CC3(C2)CN(CC2CC2)[C@H](C(=O)NC)CO3)cn1. The molecule has 4 rings (SSSR count). The Morgan fingerprint density at radius 1 is 1.40 bits per heavy atom. The molecule has 25 heavy (non-hydrogen) atoms. The van der Waals surface area contributed by atoms with Crippen LogP contribution in [0.15, 0.2) is 12.4 Å². The van der Waals surface area contributed by atoms with E-state index in [0.29, 0.717) is 6.61 Å². The molecule has 1 N–H and O–H groups in total. The molecule has 7 heteroatoms. The minimum absolute atomic E-state index is 0.0821. The molecule has 3 heterocycles. The topological polar surface area (TPSA) is 62.6 Å². The largest absolute Gasteiger partial charge is 0.369 e. The average molecular weight is 347 g/mol. The number of morpholine rings is 1. The normalized spacial score (nSPS) is 26.6. The summed E-state index contributed by atoms with van der Waals surface area (Å²) in [5.41, 5.74) is 1.16. The van der Waals surface area contributed by atoms with Gasteiger partial charge in [-0.2, -0.15) is 5.10 Å². The number of amides is 1. The zero-order chi connectivity index (χ0) is 17.4. The van der Waals surface area contributed by atoms with E-state index in [2.05, 4.69) is 33.3 Å². The number of likely N-dealkylation sites (N-methyl/N-ethyl adjacent to an activating group) is 1. The van der Waals surface area contributed by atoms with E-state index in [1.165, 1.54) is 18.4 Å². The van der Waals surface area contributed by atoms with E-state index in [0.717, 1.165) is 45.2 Å². The van der Waals surface area contributed by atoms with Crippen molar-refractivity contribution in [3.05, 3.63) is 18.0 Å². The molecule has 2 aliphatic heterocycles. The maximum Gasteiger partial charge on any atom is 0.239 e. The van der Waals surface area contributed by atoms with Gasteiger partial charge in [0.05, 0.1) is 12.8 Å². The Kier molecular flexibility index (Phi) is 4.56. The van der Waals surface area contributed by atoms with Crippen LogP contribution in [-0.4, -0.2) is 77.0 Å². The Morgan fingerprint density at radius 2 is 2.20 bits per heavy atom. The van der Waals surface area contributed by atoms with Gasteiger partial charge in [0.2, 0.25) is 5.91 Å². The maximum absolute atomic E-state index is 12.2. The van der Waals surface area contributed by atoms with Crippen molar-refractivity contribution in [2.24, 2.45) is 5.92 Å². The molecule has 0 unspecified atom stereocenters. The number of hydrogen-bond acceptors (Lipinski definition) is 5. The first kappa shape index (κ1) is 17.0. The predicted octanol–water partition coefficient (Wildman–Crippen LogP) is 0.314. The summed E-state index contributed by atoms with van der Waals surface area (Å²) < 4.78 is 8.16. The number of likely N-dealkylation sites (tertiary alicyclic amines) is 1. The van der Waals surface area contributed by atoms with Crippen LogP contribution in [0.5, 0.6) is 0 Å². The first-order valence-electron chi connectivity index (χ1n) is 9.44. The van der Waals surface area contributed by atoms with Gasteiger partial charge in [0.1, 0.15) is 11.6 Å². The standard InChI is InChI=1S/C18H29N5O2/c1-3-23-9-15(6-20-23)7-21-11-18(12-21)13-22(8-14-4-5-14)16(10-25-18)17(24)19-2/h6,9,14,16H,3-5,7-8,10-13H2,1-2H3,(H,19,24)/t16-/m0/s1. The molecule has 1 saturated carbocycles. The van der Waals surface area contributed by atoms with Crippen LogP contribution in [0, 0.1) is 5.92 Å². The maximum atomic E-state index is 12.2. The van der Waals surface area contributed by atoms with Crippen LogP contribution in [0.2, 0.25) is 0 Å². The van der Waals surface area contributed by atoms with Crippen LogP contribution < -0.4 is 5.32 Å². The van der Waals surface area contributed by atoms with E-state index in [1.807, 2.05) is 10.9 Å². The molecule has 138 valence electrons. The summed E-state index contributed by atoms with van der Waals surface area (Å²) in [5, 5.41) is 7.14. The van der Waals surface area contributed by atoms with Crippen molar-refractivity contribution in [3.63, 3.8) is 0 Å². The highest BCUT2D eigenvalue weighted by atomic mass is 16.5. The molecule has 1 spiro atoms. The molecule has 3 aliphatic rings. The lowest BCUT2D eigenvalue weighted by atomic mass is 9.90. The molecule has 0 radical (unpaired) electrons. The predicted molar refractivity (Wildman–Crippen MR) is 94.0 cm³/mol. The highest BCUT2D eigenvalue weighted by molar-refractivity contribution is 5.81. The van der Waals surface area contributed by atoms with Gasteiger partial charge < -0.3 is 10.1 Å². The molecule has 1 aromatic heterocycles. The molecule has 0 bridgehead atoms. The Morgan fingerprint density at radius 3 is 2.84 bits per heavy atom. The lowest BCUT2D eigenvalue weighted by Gasteiger charge is -2.55. The summed E-state index contributed by atoms with van der Waals surface area (Å²) in [5.74, 6) is 0.858. The zero-order valence-corrected chi connectivity index (χ0v) is 15.3. The van der Waals surface area contributed by atoms with E-state index < -0.39 is 0 Å². The second-order valence-corrected chi connectivity index (χ2v) is 7.85. The van der Waals surface area contributed by atoms with Crippen LogP contribution in [0.3, 0.4) is 0 Å². The summed E-state index contributed by atoms with van der Waals surface area (Å²) in [6.07, 6.45) is 6.68. The Bertz CT molecular complexity index is 621. The first-order valence-corrected chi connectivity index (χ1v) is 9.44. The lowest BCUT2D eigenvalue weighted by molar-refractivity contribution is -0.203. The van der Waals surface area contributed by atoms with Crippen LogP contribution in [0.25, 0.3) is 0 Å². The fourth-order valence-electron chi connectivity index (χ4n) is 4.11. The van der Waals surface area contributed by atoms with Crippen LogP contribution >= 0.6 is 0 Å². The summed E-state index contributed by atoms with van der Waals surface area (Å²) in [6, 6.07) is -0.131. The number of carbonyl (C=O) groups is 1. The van der Waals surface area contributed by atoms with Gasteiger partial charge in [-0.3, -0.25) is 19.3 Å². The molecule has 1 aliphatic carbocycles. The Labute approximate surface area is 149 Å². The third-order valence-electron chi connectivity index (χ3n) is 5.66. The molecule has 1 atom stereocenters. The summed E-state index contributed by atoms with van der Waals surface area (Å²) >= 11 is 0. The van der Waals surface area contributed by atoms with Gasteiger partial charge in [-0.25, -0.2) is 0 Å². The Hall–Kier alpha value is -1.44. The second-order valence-electron chi connectivity index (χ2n) is 7.85. The number of rotatable bonds is 6. The van der Waals surface area contributed by atoms with Gasteiger partial charge in [-0.15, -0.1) is 0 Å². The average Bonchev–Trinajstić information content (AvgIpc) is 3.28. The number of nitrogens with one attached hydrogen (secondary N) is 1. The smallest absolute Gasteiger partial charge is 0.239 e. The quantitative estimate of drug-likeness (QED) is 0.803. The van der Waals surface area contributed by atoms with Crippen molar-refractivity contribution in [2.75, 3.05) is 39.8 Å². The lowest BCUT2D eigenvalue weighted by Crippen LogP contribution is -2.72. The van der Waals surface area contributed by atoms with Gasteiger partial charge >= 0.3 is 0 Å². The molecule has 1 aromatic rings. The second kappa shape index (κ2) is 6.70. The van der Waals surface area contributed by atoms with Crippen molar-refractivity contribution in [1.82, 2.24) is 24.9 Å². The minimum Gasteiger partial charge on any atom is -0.369 e. The first-order chi connectivity index (χ1) is 12.1. The van der Waals surface area contributed by atoms with Gasteiger partial charge in [0.25, 0.3) is 0 Å². The summed E-state index contributed by atoms with van der Waals surface area (Å²) in [4.78, 5) is 17.0. The molecular formula is C18H29N5O2. The highest BCUT2D eigenvalue weighted by Gasteiger charge is 2.50. The fraction of sp³-hybridized carbons (Fsp3) is 0.778. The van der Waals surface area contributed by atoms with Crippen molar-refractivity contribution in [3.8, 4) is 0 Å². The number of aryl methyl sites for hydroxylation is 1. The fourth-order valence-corrected chi connectivity index (χ4v) is 4.11. The number of carbonyl (C=O) groups excluding carboxylic acids is 1. The zero-order valence-electron chi connectivity index (χ0n) is 15.3. The summed E-state index contributed by atoms with van der Waals surface area (Å²) in [6.45, 7) is 8.21. The van der Waals surface area contributed by atoms with Gasteiger partial charge in [-0.1, -0.05) is 0 Å². The highest BCUT2D eigenvalue weighted by Crippen LogP contribution is 2.36. The molecule has 2 saturated heterocycles. The van der Waals surface area contributed by atoms with E-state index in [1.54, 1.807) is 7.05 Å². The van der Waals surface area contributed by atoms with Crippen LogP contribution in [0.1, 0.15) is 25.3 Å². The monoisotopic (exact) mass is 347 g/mol. The molecule has 3 fully saturated rings. The van der Waals surface area contributed by atoms with Crippen molar-refractivity contribution < 1.29 is 9.53 Å². The molecule has 0 aromatic carbocycles. The van der Waals surface area contributed by atoms with E-state index in [9.17, 15) is 4.79 Å². The van der Waals surface area contributed by atoms with E-state index in [-0.39, 0.29) is 17.6 Å². The number of ether oxygens (including phenoxy) is 1. The molecule has 1 amide bonds. The molecular weight excluding hydrogens is 318 g/mol. The van der Waals surface area contributed by atoms with E-state index >= 15 is 0 Å². The van der Waals surface area contributed by atoms with Crippen molar-refractivity contribution >= 4 is 5.91 Å². The van der Waals surface area contributed by atoms with Crippen molar-refractivity contribution in [2.45, 2.75) is 44.5 Å².